The van der Waals surface area contributed by atoms with Crippen LogP contribution < -0.4 is 0 Å². The molecule has 0 amide bonds. The third kappa shape index (κ3) is 2.73. The third-order valence-electron chi connectivity index (χ3n) is 4.31. The van der Waals surface area contributed by atoms with Crippen molar-refractivity contribution in [2.75, 3.05) is 26.2 Å². The fourth-order valence-electron chi connectivity index (χ4n) is 2.80. The van der Waals surface area contributed by atoms with E-state index >= 15 is 0 Å². The second kappa shape index (κ2) is 5.31. The summed E-state index contributed by atoms with van der Waals surface area (Å²) in [5, 5.41) is 9.75. The standard InChI is InChI=1S/C13H27NO/c1-11(2)13(10-15,12(3)4)9-14-7-5-6-8-14/h11-12,15H,5-10H2,1-4H3. The molecular weight excluding hydrogens is 186 g/mol. The van der Waals surface area contributed by atoms with Crippen LogP contribution in [0.3, 0.4) is 0 Å². The summed E-state index contributed by atoms with van der Waals surface area (Å²) in [7, 11) is 0. The van der Waals surface area contributed by atoms with Crippen molar-refractivity contribution < 1.29 is 5.11 Å². The Morgan fingerprint density at radius 3 is 1.87 bits per heavy atom. The van der Waals surface area contributed by atoms with E-state index in [-0.39, 0.29) is 5.41 Å². The zero-order chi connectivity index (χ0) is 11.5. The lowest BCUT2D eigenvalue weighted by Gasteiger charge is -2.42. The van der Waals surface area contributed by atoms with Gasteiger partial charge in [0, 0.05) is 12.0 Å². The molecule has 1 rings (SSSR count). The second-order valence-electron chi connectivity index (χ2n) is 5.68. The molecule has 1 heterocycles. The van der Waals surface area contributed by atoms with Crippen LogP contribution in [0.15, 0.2) is 0 Å². The van der Waals surface area contributed by atoms with Gasteiger partial charge in [-0.15, -0.1) is 0 Å². The first-order valence-electron chi connectivity index (χ1n) is 6.36. The largest absolute Gasteiger partial charge is 0.396 e. The predicted molar refractivity (Wildman–Crippen MR) is 64.9 cm³/mol. The maximum absolute atomic E-state index is 9.75. The number of aliphatic hydroxyl groups excluding tert-OH is 1. The molecule has 0 aromatic rings. The lowest BCUT2D eigenvalue weighted by molar-refractivity contribution is 0.000659. The van der Waals surface area contributed by atoms with Gasteiger partial charge in [0.25, 0.3) is 0 Å². The van der Waals surface area contributed by atoms with Crippen LogP contribution in [-0.2, 0) is 0 Å². The molecule has 1 saturated heterocycles. The summed E-state index contributed by atoms with van der Waals surface area (Å²) in [6.07, 6.45) is 2.66. The average Bonchev–Trinajstić information content (AvgIpc) is 2.65. The van der Waals surface area contributed by atoms with Gasteiger partial charge in [-0.1, -0.05) is 27.7 Å². The van der Waals surface area contributed by atoms with Crippen LogP contribution in [0.25, 0.3) is 0 Å². The van der Waals surface area contributed by atoms with E-state index in [9.17, 15) is 5.11 Å². The maximum atomic E-state index is 9.75. The van der Waals surface area contributed by atoms with E-state index in [1.807, 2.05) is 0 Å². The minimum Gasteiger partial charge on any atom is -0.396 e. The van der Waals surface area contributed by atoms with Crippen LogP contribution in [0, 0.1) is 17.3 Å². The van der Waals surface area contributed by atoms with Gasteiger partial charge >= 0.3 is 0 Å². The highest BCUT2D eigenvalue weighted by Crippen LogP contribution is 2.37. The van der Waals surface area contributed by atoms with Crippen LogP contribution in [0.1, 0.15) is 40.5 Å². The first kappa shape index (κ1) is 13.0. The molecule has 0 atom stereocenters. The molecule has 0 unspecified atom stereocenters. The van der Waals surface area contributed by atoms with E-state index in [0.29, 0.717) is 18.4 Å². The van der Waals surface area contributed by atoms with E-state index in [0.717, 1.165) is 6.54 Å². The Labute approximate surface area is 94.7 Å². The van der Waals surface area contributed by atoms with Crippen molar-refractivity contribution in [1.29, 1.82) is 0 Å². The first-order chi connectivity index (χ1) is 7.03. The Bertz CT molecular complexity index is 175. The Hall–Kier alpha value is -0.0800. The summed E-state index contributed by atoms with van der Waals surface area (Å²) in [6, 6.07) is 0. The Morgan fingerprint density at radius 2 is 1.53 bits per heavy atom. The quantitative estimate of drug-likeness (QED) is 0.758. The van der Waals surface area contributed by atoms with Crippen LogP contribution in [-0.4, -0.2) is 36.2 Å². The topological polar surface area (TPSA) is 23.5 Å². The predicted octanol–water partition coefficient (Wildman–Crippen LogP) is 2.37. The summed E-state index contributed by atoms with van der Waals surface area (Å²) in [5.41, 5.74) is 0.0876. The Morgan fingerprint density at radius 1 is 1.07 bits per heavy atom. The maximum Gasteiger partial charge on any atom is 0.0504 e. The van der Waals surface area contributed by atoms with Gasteiger partial charge in [0.2, 0.25) is 0 Å². The first-order valence-corrected chi connectivity index (χ1v) is 6.36. The molecule has 0 radical (unpaired) electrons. The van der Waals surface area contributed by atoms with Gasteiger partial charge in [-0.25, -0.2) is 0 Å². The van der Waals surface area contributed by atoms with Crippen molar-refractivity contribution in [3.8, 4) is 0 Å². The molecular formula is C13H27NO. The third-order valence-corrected chi connectivity index (χ3v) is 4.31. The minimum atomic E-state index is 0.0876. The molecule has 1 aliphatic heterocycles. The van der Waals surface area contributed by atoms with Crippen LogP contribution in [0.4, 0.5) is 0 Å². The van der Waals surface area contributed by atoms with Crippen molar-refractivity contribution >= 4 is 0 Å². The molecule has 1 fully saturated rings. The number of rotatable bonds is 5. The molecule has 15 heavy (non-hydrogen) atoms. The van der Waals surface area contributed by atoms with Crippen LogP contribution in [0.5, 0.6) is 0 Å². The summed E-state index contributed by atoms with van der Waals surface area (Å²) in [6.45, 7) is 12.8. The zero-order valence-corrected chi connectivity index (χ0v) is 10.8. The minimum absolute atomic E-state index is 0.0876. The van der Waals surface area contributed by atoms with E-state index in [4.69, 9.17) is 0 Å². The lowest BCUT2D eigenvalue weighted by atomic mass is 9.69. The van der Waals surface area contributed by atoms with Gasteiger partial charge < -0.3 is 10.0 Å². The molecule has 0 bridgehead atoms. The van der Waals surface area contributed by atoms with Crippen molar-refractivity contribution in [3.05, 3.63) is 0 Å². The molecule has 1 N–H and O–H groups in total. The van der Waals surface area contributed by atoms with Gasteiger partial charge in [0.1, 0.15) is 0 Å². The highest BCUT2D eigenvalue weighted by atomic mass is 16.3. The van der Waals surface area contributed by atoms with Crippen molar-refractivity contribution in [1.82, 2.24) is 4.90 Å². The number of aliphatic hydroxyl groups is 1. The molecule has 1 aliphatic rings. The monoisotopic (exact) mass is 213 g/mol. The normalized spacial score (nSPS) is 19.4. The fourth-order valence-corrected chi connectivity index (χ4v) is 2.80. The Balaban J connectivity index is 2.69. The Kier molecular flexibility index (Phi) is 4.60. The number of nitrogens with zero attached hydrogens (tertiary/aromatic N) is 1. The van der Waals surface area contributed by atoms with Crippen LogP contribution >= 0.6 is 0 Å². The summed E-state index contributed by atoms with van der Waals surface area (Å²) < 4.78 is 0. The smallest absolute Gasteiger partial charge is 0.0504 e. The summed E-state index contributed by atoms with van der Waals surface area (Å²) in [4.78, 5) is 2.52. The average molecular weight is 213 g/mol. The second-order valence-corrected chi connectivity index (χ2v) is 5.68. The highest BCUT2D eigenvalue weighted by Gasteiger charge is 2.38. The molecule has 0 aromatic heterocycles. The van der Waals surface area contributed by atoms with Gasteiger partial charge in [-0.05, 0) is 37.8 Å². The molecule has 0 aromatic carbocycles. The number of hydrogen-bond donors (Lipinski definition) is 1. The van der Waals surface area contributed by atoms with E-state index in [1.54, 1.807) is 0 Å². The molecule has 2 nitrogen and oxygen atoms in total. The fraction of sp³-hybridized carbons (Fsp3) is 1.00. The van der Waals surface area contributed by atoms with Crippen molar-refractivity contribution in [3.63, 3.8) is 0 Å². The number of likely N-dealkylation sites (tertiary alicyclic amines) is 1. The van der Waals surface area contributed by atoms with E-state index < -0.39 is 0 Å². The van der Waals surface area contributed by atoms with Crippen LogP contribution in [0.2, 0.25) is 0 Å². The van der Waals surface area contributed by atoms with Gasteiger partial charge in [0.05, 0.1) is 6.61 Å². The highest BCUT2D eigenvalue weighted by molar-refractivity contribution is 4.89. The molecule has 90 valence electrons. The van der Waals surface area contributed by atoms with Crippen molar-refractivity contribution in [2.24, 2.45) is 17.3 Å². The van der Waals surface area contributed by atoms with E-state index in [1.165, 1.54) is 25.9 Å². The summed E-state index contributed by atoms with van der Waals surface area (Å²) >= 11 is 0. The van der Waals surface area contributed by atoms with E-state index in [2.05, 4.69) is 32.6 Å². The molecule has 0 spiro atoms. The number of hydrogen-bond acceptors (Lipinski definition) is 2. The zero-order valence-electron chi connectivity index (χ0n) is 10.8. The molecule has 0 saturated carbocycles. The van der Waals surface area contributed by atoms with Gasteiger partial charge in [-0.3, -0.25) is 0 Å². The lowest BCUT2D eigenvalue weighted by Crippen LogP contribution is -2.46. The van der Waals surface area contributed by atoms with Gasteiger partial charge in [0.15, 0.2) is 0 Å². The van der Waals surface area contributed by atoms with Crippen molar-refractivity contribution in [2.45, 2.75) is 40.5 Å². The SMILES string of the molecule is CC(C)C(CO)(CN1CCCC1)C(C)C. The van der Waals surface area contributed by atoms with Gasteiger partial charge in [-0.2, -0.15) is 0 Å². The molecule has 0 aliphatic carbocycles. The molecule has 2 heteroatoms. The summed E-state index contributed by atoms with van der Waals surface area (Å²) in [5.74, 6) is 1.09.